The van der Waals surface area contributed by atoms with Gasteiger partial charge >= 0.3 is 0 Å². The number of carbonyl (C=O) groups excluding carboxylic acids is 1. The maximum atomic E-state index is 11.9. The zero-order valence-corrected chi connectivity index (χ0v) is 12.1. The summed E-state index contributed by atoms with van der Waals surface area (Å²) in [6.45, 7) is 2.60. The van der Waals surface area contributed by atoms with Gasteiger partial charge in [0.1, 0.15) is 0 Å². The zero-order valence-electron chi connectivity index (χ0n) is 12.1. The number of rotatable bonds is 5. The van der Waals surface area contributed by atoms with Crippen LogP contribution in [0.25, 0.3) is 0 Å². The van der Waals surface area contributed by atoms with Crippen LogP contribution in [0.5, 0.6) is 0 Å². The quantitative estimate of drug-likeness (QED) is 0.910. The van der Waals surface area contributed by atoms with Crippen molar-refractivity contribution >= 4 is 5.91 Å². The fourth-order valence-corrected chi connectivity index (χ4v) is 2.07. The molecular weight excluding hydrogens is 252 g/mol. The van der Waals surface area contributed by atoms with Gasteiger partial charge in [0.15, 0.2) is 5.76 Å². The van der Waals surface area contributed by atoms with Crippen LogP contribution in [0, 0.1) is 6.92 Å². The molecule has 0 spiro atoms. The minimum atomic E-state index is -0.186. The second-order valence-electron chi connectivity index (χ2n) is 5.08. The van der Waals surface area contributed by atoms with Crippen LogP contribution in [0.3, 0.4) is 0 Å². The summed E-state index contributed by atoms with van der Waals surface area (Å²) < 4.78 is 5.08. The molecule has 4 nitrogen and oxygen atoms in total. The Morgan fingerprint density at radius 1 is 1.25 bits per heavy atom. The first kappa shape index (κ1) is 14.3. The zero-order chi connectivity index (χ0) is 14.5. The lowest BCUT2D eigenvalue weighted by Crippen LogP contribution is -2.34. The Morgan fingerprint density at radius 2 is 1.95 bits per heavy atom. The second-order valence-corrected chi connectivity index (χ2v) is 5.08. The number of furan rings is 1. The van der Waals surface area contributed by atoms with Crippen molar-refractivity contribution in [3.05, 3.63) is 59.5 Å². The van der Waals surface area contributed by atoms with Crippen molar-refractivity contribution in [2.24, 2.45) is 0 Å². The van der Waals surface area contributed by atoms with Gasteiger partial charge in [-0.05, 0) is 38.7 Å². The van der Waals surface area contributed by atoms with Crippen LogP contribution in [0.2, 0.25) is 0 Å². The van der Waals surface area contributed by atoms with Gasteiger partial charge < -0.3 is 14.6 Å². The molecule has 0 fully saturated rings. The monoisotopic (exact) mass is 272 g/mol. The molecule has 106 valence electrons. The summed E-state index contributed by atoms with van der Waals surface area (Å²) in [5.41, 5.74) is 2.41. The van der Waals surface area contributed by atoms with E-state index in [1.165, 1.54) is 17.4 Å². The highest BCUT2D eigenvalue weighted by atomic mass is 16.3. The van der Waals surface area contributed by atoms with Crippen molar-refractivity contribution in [3.8, 4) is 0 Å². The summed E-state index contributed by atoms with van der Waals surface area (Å²) in [4.78, 5) is 14.0. The molecule has 1 amide bonds. The van der Waals surface area contributed by atoms with Crippen LogP contribution in [-0.2, 0) is 0 Å². The Hall–Kier alpha value is -2.07. The molecule has 0 saturated carbocycles. The third kappa shape index (κ3) is 3.48. The predicted octanol–water partition coefficient (Wildman–Crippen LogP) is 2.62. The number of nitrogens with one attached hydrogen (secondary N) is 1. The Balaban J connectivity index is 2.03. The average Bonchev–Trinajstić information content (AvgIpc) is 2.94. The second kappa shape index (κ2) is 6.39. The van der Waals surface area contributed by atoms with E-state index in [4.69, 9.17) is 4.42 Å². The Kier molecular flexibility index (Phi) is 4.58. The molecule has 20 heavy (non-hydrogen) atoms. The van der Waals surface area contributed by atoms with Gasteiger partial charge in [0, 0.05) is 6.54 Å². The molecule has 4 heteroatoms. The van der Waals surface area contributed by atoms with Gasteiger partial charge in [-0.3, -0.25) is 4.79 Å². The molecule has 1 heterocycles. The van der Waals surface area contributed by atoms with Crippen LogP contribution >= 0.6 is 0 Å². The third-order valence-electron chi connectivity index (χ3n) is 3.29. The lowest BCUT2D eigenvalue weighted by atomic mass is 10.0. The van der Waals surface area contributed by atoms with Crippen LogP contribution in [0.15, 0.2) is 47.1 Å². The van der Waals surface area contributed by atoms with E-state index in [9.17, 15) is 4.79 Å². The summed E-state index contributed by atoms with van der Waals surface area (Å²) in [6, 6.07) is 11.9. The standard InChI is InChI=1S/C16H20N2O2/c1-12-6-8-13(9-7-12)14(18(2)3)11-17-16(19)15-5-4-10-20-15/h4-10,14H,11H2,1-3H3,(H,17,19)/t14-/m1/s1. The molecule has 1 N–H and O–H groups in total. The Labute approximate surface area is 119 Å². The number of nitrogens with zero attached hydrogens (tertiary/aromatic N) is 1. The van der Waals surface area contributed by atoms with E-state index in [-0.39, 0.29) is 11.9 Å². The van der Waals surface area contributed by atoms with Gasteiger partial charge in [-0.15, -0.1) is 0 Å². The van der Waals surface area contributed by atoms with Gasteiger partial charge in [0.25, 0.3) is 5.91 Å². The molecule has 0 aliphatic carbocycles. The van der Waals surface area contributed by atoms with E-state index in [2.05, 4.69) is 41.4 Å². The molecule has 1 aromatic carbocycles. The minimum absolute atomic E-state index is 0.134. The number of amides is 1. The van der Waals surface area contributed by atoms with Crippen molar-refractivity contribution in [1.82, 2.24) is 10.2 Å². The highest BCUT2D eigenvalue weighted by Gasteiger charge is 2.16. The third-order valence-corrected chi connectivity index (χ3v) is 3.29. The number of hydrogen-bond acceptors (Lipinski definition) is 3. The molecular formula is C16H20N2O2. The van der Waals surface area contributed by atoms with Crippen LogP contribution in [0.1, 0.15) is 27.7 Å². The molecule has 0 bridgehead atoms. The number of aryl methyl sites for hydroxylation is 1. The normalized spacial score (nSPS) is 12.4. The number of carbonyl (C=O) groups is 1. The van der Waals surface area contributed by atoms with Crippen molar-refractivity contribution < 1.29 is 9.21 Å². The maximum Gasteiger partial charge on any atom is 0.287 e. The fraction of sp³-hybridized carbons (Fsp3) is 0.312. The number of benzene rings is 1. The molecule has 0 radical (unpaired) electrons. The summed E-state index contributed by atoms with van der Waals surface area (Å²) in [5.74, 6) is 0.153. The molecule has 0 saturated heterocycles. The first-order valence-electron chi connectivity index (χ1n) is 6.62. The van der Waals surface area contributed by atoms with Crippen molar-refractivity contribution in [1.29, 1.82) is 0 Å². The van der Waals surface area contributed by atoms with Crippen molar-refractivity contribution in [2.45, 2.75) is 13.0 Å². The van der Waals surface area contributed by atoms with E-state index >= 15 is 0 Å². The first-order valence-corrected chi connectivity index (χ1v) is 6.62. The first-order chi connectivity index (χ1) is 9.58. The smallest absolute Gasteiger partial charge is 0.287 e. The lowest BCUT2D eigenvalue weighted by Gasteiger charge is -2.25. The SMILES string of the molecule is Cc1ccc([C@@H](CNC(=O)c2ccco2)N(C)C)cc1. The van der Waals surface area contributed by atoms with Crippen molar-refractivity contribution in [2.75, 3.05) is 20.6 Å². The summed E-state index contributed by atoms with van der Waals surface area (Å²) in [5, 5.41) is 2.91. The minimum Gasteiger partial charge on any atom is -0.459 e. The Morgan fingerprint density at radius 3 is 2.50 bits per heavy atom. The van der Waals surface area contributed by atoms with Gasteiger partial charge in [-0.2, -0.15) is 0 Å². The highest BCUT2D eigenvalue weighted by Crippen LogP contribution is 2.18. The van der Waals surface area contributed by atoms with Crippen LogP contribution < -0.4 is 5.32 Å². The summed E-state index contributed by atoms with van der Waals surface area (Å²) in [7, 11) is 4.01. The number of likely N-dealkylation sites (N-methyl/N-ethyl adjacent to an activating group) is 1. The predicted molar refractivity (Wildman–Crippen MR) is 78.6 cm³/mol. The summed E-state index contributed by atoms with van der Waals surface area (Å²) in [6.07, 6.45) is 1.50. The maximum absolute atomic E-state index is 11.9. The molecule has 2 rings (SSSR count). The van der Waals surface area contributed by atoms with Crippen LogP contribution in [-0.4, -0.2) is 31.4 Å². The van der Waals surface area contributed by atoms with E-state index in [1.54, 1.807) is 12.1 Å². The molecule has 0 unspecified atom stereocenters. The van der Waals surface area contributed by atoms with Gasteiger partial charge in [0.05, 0.1) is 12.3 Å². The lowest BCUT2D eigenvalue weighted by molar-refractivity contribution is 0.0914. The molecule has 0 aliphatic heterocycles. The molecule has 1 aromatic heterocycles. The van der Waals surface area contributed by atoms with Crippen molar-refractivity contribution in [3.63, 3.8) is 0 Å². The van der Waals surface area contributed by atoms with Gasteiger partial charge in [-0.1, -0.05) is 29.8 Å². The van der Waals surface area contributed by atoms with E-state index in [0.29, 0.717) is 12.3 Å². The molecule has 1 atom stereocenters. The Bertz CT molecular complexity index is 544. The topological polar surface area (TPSA) is 45.5 Å². The van der Waals surface area contributed by atoms with Crippen LogP contribution in [0.4, 0.5) is 0 Å². The molecule has 2 aromatic rings. The number of hydrogen-bond donors (Lipinski definition) is 1. The van der Waals surface area contributed by atoms with Gasteiger partial charge in [-0.25, -0.2) is 0 Å². The molecule has 0 aliphatic rings. The highest BCUT2D eigenvalue weighted by molar-refractivity contribution is 5.91. The van der Waals surface area contributed by atoms with E-state index in [0.717, 1.165) is 0 Å². The van der Waals surface area contributed by atoms with E-state index < -0.39 is 0 Å². The summed E-state index contributed by atoms with van der Waals surface area (Å²) >= 11 is 0. The fourth-order valence-electron chi connectivity index (χ4n) is 2.07. The largest absolute Gasteiger partial charge is 0.459 e. The van der Waals surface area contributed by atoms with E-state index in [1.807, 2.05) is 14.1 Å². The average molecular weight is 272 g/mol. The van der Waals surface area contributed by atoms with Gasteiger partial charge in [0.2, 0.25) is 0 Å².